The van der Waals surface area contributed by atoms with Crippen LogP contribution in [-0.2, 0) is 16.2 Å². The van der Waals surface area contributed by atoms with Crippen molar-refractivity contribution in [3.63, 3.8) is 0 Å². The van der Waals surface area contributed by atoms with Crippen LogP contribution >= 0.6 is 27.7 Å². The molecule has 0 N–H and O–H groups in total. The van der Waals surface area contributed by atoms with E-state index in [1.54, 1.807) is 18.2 Å². The lowest BCUT2D eigenvalue weighted by Crippen LogP contribution is -2.20. The molecule has 4 nitrogen and oxygen atoms in total. The van der Waals surface area contributed by atoms with Crippen LogP contribution in [0.5, 0.6) is 0 Å². The highest BCUT2D eigenvalue weighted by Crippen LogP contribution is 2.37. The fourth-order valence-corrected chi connectivity index (χ4v) is 5.55. The zero-order valence-electron chi connectivity index (χ0n) is 15.7. The first-order chi connectivity index (χ1) is 13.4. The Balaban J connectivity index is 2.19. The molecule has 0 amide bonds. The number of halogens is 4. The highest BCUT2D eigenvalue weighted by atomic mass is 79.9. The Morgan fingerprint density at radius 1 is 1.14 bits per heavy atom. The first-order valence-corrected chi connectivity index (χ1v) is 11.6. The van der Waals surface area contributed by atoms with Gasteiger partial charge in [0.25, 0.3) is 10.0 Å². The lowest BCUT2D eigenvalue weighted by Gasteiger charge is -2.18. The third-order valence-electron chi connectivity index (χ3n) is 4.44. The number of rotatable bonds is 5. The first-order valence-electron chi connectivity index (χ1n) is 8.48. The van der Waals surface area contributed by atoms with Crippen molar-refractivity contribution in [3.8, 4) is 0 Å². The van der Waals surface area contributed by atoms with Crippen LogP contribution in [0.25, 0.3) is 10.9 Å². The van der Waals surface area contributed by atoms with Crippen LogP contribution in [0.3, 0.4) is 0 Å². The summed E-state index contributed by atoms with van der Waals surface area (Å²) in [6.45, 7) is 1.98. The fraction of sp³-hybridized carbons (Fsp3) is 0.263. The van der Waals surface area contributed by atoms with Gasteiger partial charge < -0.3 is 0 Å². The Morgan fingerprint density at radius 3 is 2.45 bits per heavy atom. The Hall–Kier alpha value is -1.49. The van der Waals surface area contributed by atoms with Gasteiger partial charge in [-0.25, -0.2) is 12.4 Å². The van der Waals surface area contributed by atoms with Gasteiger partial charge in [0, 0.05) is 21.0 Å². The van der Waals surface area contributed by atoms with E-state index in [2.05, 4.69) is 15.9 Å². The summed E-state index contributed by atoms with van der Waals surface area (Å²) in [5.74, 6) is 0. The molecule has 0 aliphatic rings. The maximum absolute atomic E-state index is 13.2. The molecular weight excluding hydrogens is 489 g/mol. The summed E-state index contributed by atoms with van der Waals surface area (Å²) in [7, 11) is -0.404. The van der Waals surface area contributed by atoms with Crippen molar-refractivity contribution in [1.29, 1.82) is 0 Å². The molecule has 10 heteroatoms. The molecule has 1 atom stereocenters. The number of alkyl halides is 3. The van der Waals surface area contributed by atoms with Gasteiger partial charge in [-0.3, -0.25) is 4.90 Å². The molecule has 0 radical (unpaired) electrons. The van der Waals surface area contributed by atoms with Crippen molar-refractivity contribution in [1.82, 2.24) is 8.87 Å². The SMILES string of the molecule is CC(Sc1cn(S(=O)(=O)c2cccc(C(F)(F)F)c2)c2ccc(Br)cc12)N(C)C. The van der Waals surface area contributed by atoms with E-state index in [9.17, 15) is 21.6 Å². The highest BCUT2D eigenvalue weighted by molar-refractivity contribution is 9.10. The first kappa shape index (κ1) is 22.2. The van der Waals surface area contributed by atoms with Gasteiger partial charge >= 0.3 is 6.18 Å². The summed E-state index contributed by atoms with van der Waals surface area (Å²) in [5.41, 5.74) is -0.604. The molecule has 3 rings (SSSR count). The smallest absolute Gasteiger partial charge is 0.298 e. The van der Waals surface area contributed by atoms with Crippen LogP contribution in [0.15, 0.2) is 62.9 Å². The van der Waals surface area contributed by atoms with E-state index >= 15 is 0 Å². The molecule has 0 aliphatic heterocycles. The summed E-state index contributed by atoms with van der Waals surface area (Å²) in [4.78, 5) is 2.29. The van der Waals surface area contributed by atoms with E-state index in [1.165, 1.54) is 24.0 Å². The average molecular weight is 507 g/mol. The van der Waals surface area contributed by atoms with E-state index in [4.69, 9.17) is 0 Å². The number of fused-ring (bicyclic) bond motifs is 1. The van der Waals surface area contributed by atoms with Crippen molar-refractivity contribution in [2.24, 2.45) is 0 Å². The number of aromatic nitrogens is 1. The van der Waals surface area contributed by atoms with Gasteiger partial charge in [-0.2, -0.15) is 13.2 Å². The van der Waals surface area contributed by atoms with Gasteiger partial charge in [0.15, 0.2) is 0 Å². The summed E-state index contributed by atoms with van der Waals surface area (Å²) in [6, 6.07) is 8.92. The van der Waals surface area contributed by atoms with E-state index in [1.807, 2.05) is 25.9 Å². The van der Waals surface area contributed by atoms with Crippen LogP contribution in [0, 0.1) is 0 Å². The van der Waals surface area contributed by atoms with Gasteiger partial charge in [0.1, 0.15) is 0 Å². The Kier molecular flexibility index (Phi) is 6.11. The monoisotopic (exact) mass is 506 g/mol. The predicted molar refractivity (Wildman–Crippen MR) is 113 cm³/mol. The molecule has 1 aromatic heterocycles. The number of benzene rings is 2. The summed E-state index contributed by atoms with van der Waals surface area (Å²) >= 11 is 4.86. The van der Waals surface area contributed by atoms with Crippen LogP contribution < -0.4 is 0 Å². The molecule has 3 aromatic rings. The van der Waals surface area contributed by atoms with Gasteiger partial charge in [-0.05, 0) is 57.4 Å². The van der Waals surface area contributed by atoms with E-state index in [-0.39, 0.29) is 5.37 Å². The molecule has 1 unspecified atom stereocenters. The fourth-order valence-electron chi connectivity index (χ4n) is 2.67. The lowest BCUT2D eigenvalue weighted by atomic mass is 10.2. The van der Waals surface area contributed by atoms with Crippen LogP contribution in [0.4, 0.5) is 13.2 Å². The van der Waals surface area contributed by atoms with Crippen LogP contribution in [-0.4, -0.2) is 36.8 Å². The Morgan fingerprint density at radius 2 is 1.83 bits per heavy atom. The second-order valence-electron chi connectivity index (χ2n) is 6.66. The number of hydrogen-bond acceptors (Lipinski definition) is 4. The maximum Gasteiger partial charge on any atom is 0.416 e. The predicted octanol–water partition coefficient (Wildman–Crippen LogP) is 5.66. The second kappa shape index (κ2) is 7.98. The molecule has 2 aromatic carbocycles. The molecule has 1 heterocycles. The Labute approximate surface area is 179 Å². The van der Waals surface area contributed by atoms with Crippen molar-refractivity contribution in [3.05, 3.63) is 58.7 Å². The van der Waals surface area contributed by atoms with Crippen molar-refractivity contribution in [2.45, 2.75) is 28.3 Å². The highest BCUT2D eigenvalue weighted by Gasteiger charge is 2.32. The van der Waals surface area contributed by atoms with Gasteiger partial charge in [0.05, 0.1) is 21.3 Å². The molecule has 29 heavy (non-hydrogen) atoms. The number of hydrogen-bond donors (Lipinski definition) is 0. The van der Waals surface area contributed by atoms with Crippen molar-refractivity contribution >= 4 is 48.6 Å². The molecule has 156 valence electrons. The third-order valence-corrected chi connectivity index (χ3v) is 7.94. The van der Waals surface area contributed by atoms with E-state index in [0.29, 0.717) is 17.0 Å². The normalized spacial score (nSPS) is 13.9. The quantitative estimate of drug-likeness (QED) is 0.330. The minimum absolute atomic E-state index is 0.0595. The summed E-state index contributed by atoms with van der Waals surface area (Å²) in [5, 5.41) is 0.762. The standard InChI is InChI=1S/C19H18BrF3N2O2S2/c1-12(24(2)3)28-18-11-25(17-8-7-14(20)10-16(17)18)29(26,27)15-6-4-5-13(9-15)19(21,22)23/h4-12H,1-3H3. The maximum atomic E-state index is 13.2. The molecule has 0 fully saturated rings. The average Bonchev–Trinajstić information content (AvgIpc) is 2.99. The zero-order valence-corrected chi connectivity index (χ0v) is 19.0. The topological polar surface area (TPSA) is 42.3 Å². The van der Waals surface area contributed by atoms with Gasteiger partial charge in [0.2, 0.25) is 0 Å². The molecule has 0 aliphatic carbocycles. The van der Waals surface area contributed by atoms with Gasteiger partial charge in [-0.15, -0.1) is 11.8 Å². The molecule has 0 spiro atoms. The zero-order chi connectivity index (χ0) is 21.6. The van der Waals surface area contributed by atoms with Crippen LogP contribution in [0.2, 0.25) is 0 Å². The van der Waals surface area contributed by atoms with Crippen LogP contribution in [0.1, 0.15) is 12.5 Å². The Bertz CT molecular complexity index is 1160. The molecule has 0 saturated heterocycles. The second-order valence-corrected chi connectivity index (χ2v) is 10.8. The molecular formula is C19H18BrF3N2O2S2. The van der Waals surface area contributed by atoms with E-state index in [0.717, 1.165) is 25.5 Å². The lowest BCUT2D eigenvalue weighted by molar-refractivity contribution is -0.137. The number of nitrogens with zero attached hydrogens (tertiary/aromatic N) is 2. The van der Waals surface area contributed by atoms with Crippen molar-refractivity contribution in [2.75, 3.05) is 14.1 Å². The minimum Gasteiger partial charge on any atom is -0.298 e. The minimum atomic E-state index is -4.63. The third kappa shape index (κ3) is 4.50. The van der Waals surface area contributed by atoms with E-state index < -0.39 is 26.7 Å². The summed E-state index contributed by atoms with van der Waals surface area (Å²) < 4.78 is 67.4. The summed E-state index contributed by atoms with van der Waals surface area (Å²) in [6.07, 6.45) is -3.16. The van der Waals surface area contributed by atoms with Gasteiger partial charge in [-0.1, -0.05) is 22.0 Å². The molecule has 0 bridgehead atoms. The molecule has 0 saturated carbocycles. The largest absolute Gasteiger partial charge is 0.416 e. The van der Waals surface area contributed by atoms with Crippen molar-refractivity contribution < 1.29 is 21.6 Å². The number of thioether (sulfide) groups is 1.